The summed E-state index contributed by atoms with van der Waals surface area (Å²) >= 11 is 5.60. The van der Waals surface area contributed by atoms with Crippen LogP contribution in [0.15, 0.2) is 23.4 Å². The summed E-state index contributed by atoms with van der Waals surface area (Å²) in [6.45, 7) is 1.82. The number of benzene rings is 1. The van der Waals surface area contributed by atoms with Crippen molar-refractivity contribution in [2.75, 3.05) is 5.32 Å². The third-order valence-electron chi connectivity index (χ3n) is 2.26. The highest BCUT2D eigenvalue weighted by molar-refractivity contribution is 6.43. The molecule has 1 heterocycles. The number of halogens is 2. The third kappa shape index (κ3) is 2.74. The molecule has 4 nitrogen and oxygen atoms in total. The first-order chi connectivity index (χ1) is 8.06. The predicted molar refractivity (Wildman–Crippen MR) is 62.6 cm³/mol. The number of hydrogen-bond donors (Lipinski definition) is 1. The van der Waals surface area contributed by atoms with Crippen LogP contribution in [-0.2, 0) is 9.63 Å². The van der Waals surface area contributed by atoms with E-state index >= 15 is 0 Å². The summed E-state index contributed by atoms with van der Waals surface area (Å²) in [5.74, 6) is -0.892. The summed E-state index contributed by atoms with van der Waals surface area (Å²) in [6.07, 6.45) is 0.369. The van der Waals surface area contributed by atoms with E-state index in [-0.39, 0.29) is 17.0 Å². The second-order valence-corrected chi connectivity index (χ2v) is 4.15. The standard InChI is InChI=1S/C11H10ClFN2O2/c1-6-4-10(15-17-6)11(16)14-7-2-3-9(13)8(12)5-7/h2-3,5-6H,4H2,1H3,(H,14,16). The number of amides is 1. The van der Waals surface area contributed by atoms with Crippen molar-refractivity contribution in [3.05, 3.63) is 29.0 Å². The number of anilines is 1. The minimum atomic E-state index is -0.528. The van der Waals surface area contributed by atoms with Crippen LogP contribution in [0, 0.1) is 5.82 Å². The van der Waals surface area contributed by atoms with E-state index in [1.165, 1.54) is 18.2 Å². The lowest BCUT2D eigenvalue weighted by molar-refractivity contribution is -0.110. The Balaban J connectivity index is 2.06. The number of nitrogens with one attached hydrogen (secondary N) is 1. The van der Waals surface area contributed by atoms with Crippen molar-refractivity contribution < 1.29 is 14.0 Å². The number of oxime groups is 1. The van der Waals surface area contributed by atoms with Crippen LogP contribution >= 0.6 is 11.6 Å². The molecular weight excluding hydrogens is 247 g/mol. The van der Waals surface area contributed by atoms with Gasteiger partial charge < -0.3 is 10.2 Å². The molecule has 0 aromatic heterocycles. The Labute approximate surface area is 102 Å². The van der Waals surface area contributed by atoms with Gasteiger partial charge in [0.1, 0.15) is 17.6 Å². The van der Waals surface area contributed by atoms with Gasteiger partial charge in [-0.25, -0.2) is 4.39 Å². The van der Waals surface area contributed by atoms with Gasteiger partial charge >= 0.3 is 0 Å². The molecule has 1 N–H and O–H groups in total. The predicted octanol–water partition coefficient (Wildman–Crippen LogP) is 2.58. The molecule has 90 valence electrons. The molecule has 1 amide bonds. The normalized spacial score (nSPS) is 18.5. The lowest BCUT2D eigenvalue weighted by Crippen LogP contribution is -2.22. The van der Waals surface area contributed by atoms with E-state index in [9.17, 15) is 9.18 Å². The van der Waals surface area contributed by atoms with Gasteiger partial charge in [-0.15, -0.1) is 0 Å². The maximum absolute atomic E-state index is 12.9. The van der Waals surface area contributed by atoms with Gasteiger partial charge in [-0.3, -0.25) is 4.79 Å². The molecule has 1 atom stereocenters. The first-order valence-corrected chi connectivity index (χ1v) is 5.43. The van der Waals surface area contributed by atoms with Gasteiger partial charge in [0.15, 0.2) is 0 Å². The molecule has 0 saturated heterocycles. The van der Waals surface area contributed by atoms with Gasteiger partial charge in [0, 0.05) is 12.1 Å². The van der Waals surface area contributed by atoms with Crippen molar-refractivity contribution >= 4 is 28.9 Å². The minimum Gasteiger partial charge on any atom is -0.392 e. The Hall–Kier alpha value is -1.62. The Bertz CT molecular complexity index is 490. The number of nitrogens with zero attached hydrogens (tertiary/aromatic N) is 1. The second kappa shape index (κ2) is 4.71. The first kappa shape index (κ1) is 11.9. The average Bonchev–Trinajstić information content (AvgIpc) is 2.70. The molecule has 1 aliphatic heterocycles. The molecule has 0 aliphatic carbocycles. The number of carbonyl (C=O) groups excluding carboxylic acids is 1. The van der Waals surface area contributed by atoms with Crippen LogP contribution in [0.1, 0.15) is 13.3 Å². The fourth-order valence-electron chi connectivity index (χ4n) is 1.41. The zero-order valence-electron chi connectivity index (χ0n) is 9.04. The molecule has 0 fully saturated rings. The summed E-state index contributed by atoms with van der Waals surface area (Å²) < 4.78 is 12.9. The van der Waals surface area contributed by atoms with E-state index < -0.39 is 5.82 Å². The molecule has 0 saturated carbocycles. The van der Waals surface area contributed by atoms with Crippen molar-refractivity contribution in [1.29, 1.82) is 0 Å². The van der Waals surface area contributed by atoms with E-state index in [1.807, 2.05) is 6.92 Å². The van der Waals surface area contributed by atoms with Crippen LogP contribution in [0.2, 0.25) is 5.02 Å². The molecule has 0 radical (unpaired) electrons. The van der Waals surface area contributed by atoms with Gasteiger partial charge in [0.05, 0.1) is 5.02 Å². The van der Waals surface area contributed by atoms with Crippen LogP contribution in [0.25, 0.3) is 0 Å². The summed E-state index contributed by atoms with van der Waals surface area (Å²) in [7, 11) is 0. The Morgan fingerprint density at radius 2 is 2.41 bits per heavy atom. The SMILES string of the molecule is CC1CC(C(=O)Nc2ccc(F)c(Cl)c2)=NO1. The Morgan fingerprint density at radius 1 is 1.65 bits per heavy atom. The first-order valence-electron chi connectivity index (χ1n) is 5.05. The van der Waals surface area contributed by atoms with Gasteiger partial charge in [0.2, 0.25) is 0 Å². The van der Waals surface area contributed by atoms with Crippen LogP contribution in [-0.4, -0.2) is 17.7 Å². The third-order valence-corrected chi connectivity index (χ3v) is 2.55. The van der Waals surface area contributed by atoms with Crippen molar-refractivity contribution in [2.24, 2.45) is 5.16 Å². The fraction of sp³-hybridized carbons (Fsp3) is 0.273. The average molecular weight is 257 g/mol. The van der Waals surface area contributed by atoms with Crippen molar-refractivity contribution in [1.82, 2.24) is 0 Å². The van der Waals surface area contributed by atoms with E-state index in [4.69, 9.17) is 16.4 Å². The zero-order valence-corrected chi connectivity index (χ0v) is 9.79. The minimum absolute atomic E-state index is 0.0409. The Morgan fingerprint density at radius 3 is 3.00 bits per heavy atom. The lowest BCUT2D eigenvalue weighted by atomic mass is 10.2. The number of carbonyl (C=O) groups is 1. The van der Waals surface area contributed by atoms with Crippen molar-refractivity contribution in [3.63, 3.8) is 0 Å². The highest BCUT2D eigenvalue weighted by Gasteiger charge is 2.22. The molecule has 0 spiro atoms. The Kier molecular flexibility index (Phi) is 3.28. The highest BCUT2D eigenvalue weighted by Crippen LogP contribution is 2.20. The smallest absolute Gasteiger partial charge is 0.273 e. The zero-order chi connectivity index (χ0) is 12.4. The van der Waals surface area contributed by atoms with E-state index in [2.05, 4.69) is 10.5 Å². The maximum atomic E-state index is 12.9. The maximum Gasteiger partial charge on any atom is 0.273 e. The molecule has 1 aromatic carbocycles. The molecule has 6 heteroatoms. The fourth-order valence-corrected chi connectivity index (χ4v) is 1.59. The summed E-state index contributed by atoms with van der Waals surface area (Å²) in [5.41, 5.74) is 0.738. The quantitative estimate of drug-likeness (QED) is 0.884. The van der Waals surface area contributed by atoms with Gasteiger partial charge in [-0.2, -0.15) is 0 Å². The van der Waals surface area contributed by atoms with E-state index in [1.54, 1.807) is 0 Å². The molecule has 1 aromatic rings. The summed E-state index contributed by atoms with van der Waals surface area (Å²) in [4.78, 5) is 16.6. The van der Waals surface area contributed by atoms with Gasteiger partial charge in [-0.1, -0.05) is 16.8 Å². The van der Waals surface area contributed by atoms with Gasteiger partial charge in [-0.05, 0) is 25.1 Å². The summed E-state index contributed by atoms with van der Waals surface area (Å²) in [6, 6.07) is 3.96. The number of hydrogen-bond acceptors (Lipinski definition) is 3. The van der Waals surface area contributed by atoms with Crippen LogP contribution < -0.4 is 5.32 Å². The van der Waals surface area contributed by atoms with Gasteiger partial charge in [0.25, 0.3) is 5.91 Å². The molecular formula is C11H10ClFN2O2. The largest absolute Gasteiger partial charge is 0.392 e. The lowest BCUT2D eigenvalue weighted by Gasteiger charge is -2.04. The highest BCUT2D eigenvalue weighted by atomic mass is 35.5. The van der Waals surface area contributed by atoms with E-state index in [0.717, 1.165) is 0 Å². The number of rotatable bonds is 2. The van der Waals surface area contributed by atoms with Crippen molar-refractivity contribution in [3.8, 4) is 0 Å². The molecule has 1 aliphatic rings. The van der Waals surface area contributed by atoms with Crippen LogP contribution in [0.3, 0.4) is 0 Å². The molecule has 17 heavy (non-hydrogen) atoms. The monoisotopic (exact) mass is 256 g/mol. The van der Waals surface area contributed by atoms with Crippen molar-refractivity contribution in [2.45, 2.75) is 19.4 Å². The summed E-state index contributed by atoms with van der Waals surface area (Å²) in [5, 5.41) is 6.18. The van der Waals surface area contributed by atoms with Crippen LogP contribution in [0.4, 0.5) is 10.1 Å². The molecule has 2 rings (SSSR count). The second-order valence-electron chi connectivity index (χ2n) is 3.74. The van der Waals surface area contributed by atoms with E-state index in [0.29, 0.717) is 17.8 Å². The molecule has 1 unspecified atom stereocenters. The topological polar surface area (TPSA) is 50.7 Å². The van der Waals surface area contributed by atoms with Crippen LogP contribution in [0.5, 0.6) is 0 Å². The molecule has 0 bridgehead atoms.